The topological polar surface area (TPSA) is 98.5 Å². The lowest BCUT2D eigenvalue weighted by Gasteiger charge is -2.23. The molecule has 1 saturated heterocycles. The van der Waals surface area contributed by atoms with Gasteiger partial charge in [-0.3, -0.25) is 4.79 Å². The standard InChI is InChI=1S/C13H20N2O4S2/c1-3-9(16)12-10(14)11(19-2)13(20-12)15-8-4-6-21(17,18)7-5-8/h8,15H,3-7,14H2,1-2H3. The number of carbonyl (C=O) groups excluding carboxylic acids is 1. The molecule has 2 heterocycles. The van der Waals surface area contributed by atoms with Crippen LogP contribution in [0.4, 0.5) is 10.7 Å². The van der Waals surface area contributed by atoms with E-state index in [-0.39, 0.29) is 23.3 Å². The van der Waals surface area contributed by atoms with Gasteiger partial charge in [0.1, 0.15) is 14.8 Å². The fraction of sp³-hybridized carbons (Fsp3) is 0.615. The number of methoxy groups -OCH3 is 1. The first-order valence-corrected chi connectivity index (χ1v) is 9.48. The summed E-state index contributed by atoms with van der Waals surface area (Å²) in [7, 11) is -1.38. The van der Waals surface area contributed by atoms with Crippen LogP contribution in [-0.2, 0) is 9.84 Å². The lowest BCUT2D eigenvalue weighted by atomic mass is 10.1. The number of anilines is 2. The van der Waals surface area contributed by atoms with Crippen molar-refractivity contribution in [2.45, 2.75) is 32.2 Å². The fourth-order valence-electron chi connectivity index (χ4n) is 2.31. The average molecular weight is 332 g/mol. The SMILES string of the molecule is CCC(=O)c1sc(NC2CCS(=O)(=O)CC2)c(OC)c1N. The molecule has 21 heavy (non-hydrogen) atoms. The summed E-state index contributed by atoms with van der Waals surface area (Å²) in [6.45, 7) is 1.78. The first kappa shape index (κ1) is 16.1. The minimum atomic E-state index is -2.89. The number of sulfone groups is 1. The smallest absolute Gasteiger partial charge is 0.176 e. The van der Waals surface area contributed by atoms with Crippen molar-refractivity contribution in [3.05, 3.63) is 4.88 Å². The zero-order chi connectivity index (χ0) is 15.6. The van der Waals surface area contributed by atoms with Crippen LogP contribution < -0.4 is 15.8 Å². The van der Waals surface area contributed by atoms with E-state index in [1.165, 1.54) is 18.4 Å². The molecule has 0 atom stereocenters. The van der Waals surface area contributed by atoms with Crippen LogP contribution in [-0.4, -0.2) is 38.9 Å². The van der Waals surface area contributed by atoms with Crippen LogP contribution in [0.2, 0.25) is 0 Å². The maximum absolute atomic E-state index is 11.9. The molecule has 0 aromatic carbocycles. The highest BCUT2D eigenvalue weighted by atomic mass is 32.2. The maximum atomic E-state index is 11.9. The molecule has 8 heteroatoms. The number of ether oxygens (including phenoxy) is 1. The van der Waals surface area contributed by atoms with Gasteiger partial charge in [0, 0.05) is 12.5 Å². The molecule has 1 aliphatic rings. The van der Waals surface area contributed by atoms with Crippen molar-refractivity contribution in [1.82, 2.24) is 0 Å². The van der Waals surface area contributed by atoms with E-state index < -0.39 is 9.84 Å². The Kier molecular flexibility index (Phi) is 4.77. The van der Waals surface area contributed by atoms with Gasteiger partial charge in [-0.05, 0) is 12.8 Å². The number of nitrogens with two attached hydrogens (primary N) is 1. The van der Waals surface area contributed by atoms with Gasteiger partial charge in [0.25, 0.3) is 0 Å². The number of nitrogens with one attached hydrogen (secondary N) is 1. The summed E-state index contributed by atoms with van der Waals surface area (Å²) < 4.78 is 28.2. The third-order valence-electron chi connectivity index (χ3n) is 3.57. The molecular weight excluding hydrogens is 312 g/mol. The fourth-order valence-corrected chi connectivity index (χ4v) is 4.98. The van der Waals surface area contributed by atoms with E-state index in [0.29, 0.717) is 40.6 Å². The molecule has 0 bridgehead atoms. The van der Waals surface area contributed by atoms with Gasteiger partial charge in [-0.15, -0.1) is 11.3 Å². The normalized spacial score (nSPS) is 18.4. The van der Waals surface area contributed by atoms with E-state index in [9.17, 15) is 13.2 Å². The predicted octanol–water partition coefficient (Wildman–Crippen LogP) is 1.92. The second kappa shape index (κ2) is 6.23. The molecule has 3 N–H and O–H groups in total. The Balaban J connectivity index is 2.18. The molecule has 0 unspecified atom stereocenters. The summed E-state index contributed by atoms with van der Waals surface area (Å²) in [6, 6.07) is 0.0602. The third kappa shape index (κ3) is 3.49. The van der Waals surface area contributed by atoms with E-state index in [2.05, 4.69) is 5.32 Å². The number of hydrogen-bond acceptors (Lipinski definition) is 7. The summed E-state index contributed by atoms with van der Waals surface area (Å²) in [4.78, 5) is 12.4. The first-order chi connectivity index (χ1) is 9.88. The molecule has 0 spiro atoms. The van der Waals surface area contributed by atoms with Crippen molar-refractivity contribution in [3.8, 4) is 5.75 Å². The van der Waals surface area contributed by atoms with Crippen LogP contribution in [0.3, 0.4) is 0 Å². The van der Waals surface area contributed by atoms with Gasteiger partial charge in [-0.2, -0.15) is 0 Å². The Bertz CT molecular complexity index is 623. The quantitative estimate of drug-likeness (QED) is 0.799. The van der Waals surface area contributed by atoms with Crippen LogP contribution in [0, 0.1) is 0 Å². The van der Waals surface area contributed by atoms with Gasteiger partial charge in [0.15, 0.2) is 11.5 Å². The molecule has 0 radical (unpaired) electrons. The second-order valence-electron chi connectivity index (χ2n) is 5.05. The molecule has 1 aromatic heterocycles. The Hall–Kier alpha value is -1.28. The van der Waals surface area contributed by atoms with Crippen LogP contribution >= 0.6 is 11.3 Å². The van der Waals surface area contributed by atoms with E-state index in [0.717, 1.165) is 0 Å². The van der Waals surface area contributed by atoms with Crippen molar-refractivity contribution in [1.29, 1.82) is 0 Å². The Morgan fingerprint density at radius 1 is 1.43 bits per heavy atom. The van der Waals surface area contributed by atoms with Gasteiger partial charge in [0.2, 0.25) is 0 Å². The average Bonchev–Trinajstić information content (AvgIpc) is 2.76. The monoisotopic (exact) mass is 332 g/mol. The summed E-state index contributed by atoms with van der Waals surface area (Å²) in [5.41, 5.74) is 6.33. The summed E-state index contributed by atoms with van der Waals surface area (Å²) in [6.07, 6.45) is 1.50. The highest BCUT2D eigenvalue weighted by molar-refractivity contribution is 7.91. The summed E-state index contributed by atoms with van der Waals surface area (Å²) >= 11 is 1.28. The van der Waals surface area contributed by atoms with Crippen molar-refractivity contribution in [3.63, 3.8) is 0 Å². The molecule has 0 saturated carbocycles. The number of nitrogen functional groups attached to an aromatic ring is 1. The molecule has 1 aliphatic heterocycles. The van der Waals surface area contributed by atoms with Gasteiger partial charge >= 0.3 is 0 Å². The largest absolute Gasteiger partial charge is 0.492 e. The lowest BCUT2D eigenvalue weighted by molar-refractivity contribution is 0.0992. The van der Waals surface area contributed by atoms with Crippen molar-refractivity contribution >= 4 is 37.6 Å². The molecule has 6 nitrogen and oxygen atoms in total. The predicted molar refractivity (Wildman–Crippen MR) is 85.2 cm³/mol. The Labute approximate surface area is 128 Å². The molecular formula is C13H20N2O4S2. The van der Waals surface area contributed by atoms with Crippen molar-refractivity contribution in [2.75, 3.05) is 29.7 Å². The van der Waals surface area contributed by atoms with E-state index in [4.69, 9.17) is 10.5 Å². The molecule has 118 valence electrons. The number of ketones is 1. The molecule has 1 fully saturated rings. The zero-order valence-electron chi connectivity index (χ0n) is 12.1. The molecule has 1 aromatic rings. The number of rotatable bonds is 5. The van der Waals surface area contributed by atoms with Gasteiger partial charge < -0.3 is 15.8 Å². The lowest BCUT2D eigenvalue weighted by Crippen LogP contribution is -2.31. The van der Waals surface area contributed by atoms with Gasteiger partial charge in [-0.1, -0.05) is 6.92 Å². The first-order valence-electron chi connectivity index (χ1n) is 6.84. The molecule has 0 aliphatic carbocycles. The van der Waals surface area contributed by atoms with Crippen LogP contribution in [0.5, 0.6) is 5.75 Å². The van der Waals surface area contributed by atoms with Crippen LogP contribution in [0.25, 0.3) is 0 Å². The summed E-state index contributed by atoms with van der Waals surface area (Å²) in [5, 5.41) is 3.98. The van der Waals surface area contributed by atoms with Crippen molar-refractivity contribution in [2.24, 2.45) is 0 Å². The number of hydrogen-bond donors (Lipinski definition) is 2. The number of carbonyl (C=O) groups is 1. The third-order valence-corrected chi connectivity index (χ3v) is 6.44. The Morgan fingerprint density at radius 3 is 2.57 bits per heavy atom. The Morgan fingerprint density at radius 2 is 2.05 bits per heavy atom. The minimum absolute atomic E-state index is 0.0185. The number of thiophene rings is 1. The molecule has 0 amide bonds. The van der Waals surface area contributed by atoms with Crippen LogP contribution in [0.15, 0.2) is 0 Å². The minimum Gasteiger partial charge on any atom is -0.492 e. The summed E-state index contributed by atoms with van der Waals surface area (Å²) in [5.74, 6) is 0.837. The van der Waals surface area contributed by atoms with Crippen LogP contribution in [0.1, 0.15) is 35.9 Å². The van der Waals surface area contributed by atoms with Gasteiger partial charge in [0.05, 0.1) is 29.2 Å². The van der Waals surface area contributed by atoms with Crippen molar-refractivity contribution < 1.29 is 17.9 Å². The zero-order valence-corrected chi connectivity index (χ0v) is 13.8. The molecule has 2 rings (SSSR count). The maximum Gasteiger partial charge on any atom is 0.176 e. The number of Topliss-reactive ketones (excluding diaryl/α,β-unsaturated/α-hetero) is 1. The van der Waals surface area contributed by atoms with E-state index in [1.54, 1.807) is 6.92 Å². The van der Waals surface area contributed by atoms with E-state index >= 15 is 0 Å². The highest BCUT2D eigenvalue weighted by Crippen LogP contribution is 2.43. The van der Waals surface area contributed by atoms with E-state index in [1.807, 2.05) is 0 Å². The second-order valence-corrected chi connectivity index (χ2v) is 8.38. The van der Waals surface area contributed by atoms with Gasteiger partial charge in [-0.25, -0.2) is 8.42 Å². The highest BCUT2D eigenvalue weighted by Gasteiger charge is 2.27.